The summed E-state index contributed by atoms with van der Waals surface area (Å²) in [7, 11) is 0. The van der Waals surface area contributed by atoms with Crippen LogP contribution in [0, 0.1) is 56.7 Å². The molecule has 0 saturated heterocycles. The van der Waals surface area contributed by atoms with Gasteiger partial charge in [0.05, 0.1) is 69.2 Å². The predicted octanol–water partition coefficient (Wildman–Crippen LogP) is 10.7. The molecule has 0 aliphatic rings. The smallest absolute Gasteiger partial charge is 0.165 e. The predicted molar refractivity (Wildman–Crippen MR) is 225 cm³/mol. The number of benzene rings is 7. The van der Waals surface area contributed by atoms with Crippen molar-refractivity contribution in [3.63, 3.8) is 0 Å². The first kappa shape index (κ1) is 35.5. The normalized spacial score (nSPS) is 10.6. The van der Waals surface area contributed by atoms with Crippen molar-refractivity contribution in [1.82, 2.24) is 19.5 Å². The highest BCUT2D eigenvalue weighted by Gasteiger charge is 2.20. The van der Waals surface area contributed by atoms with Crippen molar-refractivity contribution in [2.45, 2.75) is 0 Å². The molecule has 7 aromatic carbocycles. The number of aromatic nitrogens is 4. The van der Waals surface area contributed by atoms with Gasteiger partial charge in [0.2, 0.25) is 0 Å². The van der Waals surface area contributed by atoms with Crippen LogP contribution in [0.5, 0.6) is 0 Å². The van der Waals surface area contributed by atoms with Gasteiger partial charge < -0.3 is 4.57 Å². The first-order valence-corrected chi connectivity index (χ1v) is 18.4. The molecule has 0 unspecified atom stereocenters. The Kier molecular flexibility index (Phi) is 8.90. The van der Waals surface area contributed by atoms with Crippen LogP contribution in [0.3, 0.4) is 0 Å². The summed E-state index contributed by atoms with van der Waals surface area (Å²) in [6.07, 6.45) is 0. The van der Waals surface area contributed by atoms with Gasteiger partial charge in [-0.3, -0.25) is 0 Å². The lowest BCUT2D eigenvalue weighted by Crippen LogP contribution is -2.02. The van der Waals surface area contributed by atoms with Gasteiger partial charge >= 0.3 is 0 Å². The molecule has 9 nitrogen and oxygen atoms in total. The van der Waals surface area contributed by atoms with E-state index in [1.165, 1.54) is 0 Å². The van der Waals surface area contributed by atoms with Crippen molar-refractivity contribution < 1.29 is 0 Å². The lowest BCUT2D eigenvalue weighted by atomic mass is 9.95. The fraction of sp³-hybridized carbons (Fsp3) is 0. The average molecular weight is 752 g/mol. The molecule has 0 bridgehead atoms. The molecule has 0 aliphatic heterocycles. The van der Waals surface area contributed by atoms with Crippen LogP contribution >= 0.6 is 0 Å². The molecule has 0 atom stereocenters. The second kappa shape index (κ2) is 14.8. The van der Waals surface area contributed by atoms with E-state index in [0.29, 0.717) is 62.0 Å². The summed E-state index contributed by atoms with van der Waals surface area (Å²) in [6.45, 7) is 0. The van der Waals surface area contributed by atoms with Gasteiger partial charge in [0.15, 0.2) is 17.5 Å². The standard InChI is InChI=1S/C50H25N9/c51-26-31-11-16-41(37(21-31)28-53)35-13-19-46-44(24-35)45-25-36(42-17-12-32(27-52)22-38(42)29-54)14-20-47(45)59(46)40-15-18-43(39(23-40)30-55)50-57-48(33-7-3-1-4-8-33)56-49(58-50)34-9-5-2-6-10-34/h1-25H. The van der Waals surface area contributed by atoms with Gasteiger partial charge in [-0.25, -0.2) is 15.0 Å². The Morgan fingerprint density at radius 1 is 0.356 bits per heavy atom. The molecule has 0 spiro atoms. The molecule has 0 aliphatic carbocycles. The van der Waals surface area contributed by atoms with E-state index >= 15 is 0 Å². The van der Waals surface area contributed by atoms with Gasteiger partial charge in [-0.2, -0.15) is 26.3 Å². The van der Waals surface area contributed by atoms with Crippen LogP contribution in [-0.2, 0) is 0 Å². The van der Waals surface area contributed by atoms with Crippen molar-refractivity contribution in [3.05, 3.63) is 179 Å². The largest absolute Gasteiger partial charge is 0.309 e. The molecule has 270 valence electrons. The minimum absolute atomic E-state index is 0.363. The molecule has 59 heavy (non-hydrogen) atoms. The van der Waals surface area contributed by atoms with Crippen LogP contribution in [0.25, 0.3) is 83.9 Å². The van der Waals surface area contributed by atoms with Crippen LogP contribution < -0.4 is 0 Å². The van der Waals surface area contributed by atoms with Crippen LogP contribution in [0.2, 0.25) is 0 Å². The molecule has 0 radical (unpaired) electrons. The van der Waals surface area contributed by atoms with Crippen LogP contribution in [0.4, 0.5) is 0 Å². The van der Waals surface area contributed by atoms with Gasteiger partial charge in [0.1, 0.15) is 0 Å². The van der Waals surface area contributed by atoms with E-state index in [9.17, 15) is 26.3 Å². The van der Waals surface area contributed by atoms with Gasteiger partial charge in [-0.1, -0.05) is 84.9 Å². The second-order valence-electron chi connectivity index (χ2n) is 13.6. The lowest BCUT2D eigenvalue weighted by Gasteiger charge is -2.13. The molecule has 0 N–H and O–H groups in total. The molecule has 2 heterocycles. The molecule has 9 aromatic rings. The highest BCUT2D eigenvalue weighted by molar-refractivity contribution is 6.12. The Hall–Kier alpha value is -9.20. The summed E-state index contributed by atoms with van der Waals surface area (Å²) in [5.41, 5.74) is 9.41. The van der Waals surface area contributed by atoms with E-state index < -0.39 is 0 Å². The number of nitrogens with zero attached hydrogens (tertiary/aromatic N) is 9. The van der Waals surface area contributed by atoms with Crippen LogP contribution in [0.15, 0.2) is 152 Å². The summed E-state index contributed by atoms with van der Waals surface area (Å²) in [5.74, 6) is 1.34. The quantitative estimate of drug-likeness (QED) is 0.162. The first-order valence-electron chi connectivity index (χ1n) is 18.4. The van der Waals surface area contributed by atoms with Crippen LogP contribution in [-0.4, -0.2) is 19.5 Å². The summed E-state index contributed by atoms with van der Waals surface area (Å²) in [5, 5.41) is 51.4. The Morgan fingerprint density at radius 3 is 1.25 bits per heavy atom. The van der Waals surface area contributed by atoms with E-state index in [2.05, 4.69) is 34.9 Å². The zero-order chi connectivity index (χ0) is 40.5. The highest BCUT2D eigenvalue weighted by Crippen LogP contribution is 2.39. The second-order valence-corrected chi connectivity index (χ2v) is 13.6. The third-order valence-electron chi connectivity index (χ3n) is 10.2. The summed E-state index contributed by atoms with van der Waals surface area (Å²) >= 11 is 0. The van der Waals surface area contributed by atoms with E-state index in [-0.39, 0.29) is 0 Å². The zero-order valence-corrected chi connectivity index (χ0v) is 31.0. The third-order valence-corrected chi connectivity index (χ3v) is 10.2. The van der Waals surface area contributed by atoms with E-state index in [4.69, 9.17) is 15.0 Å². The van der Waals surface area contributed by atoms with E-state index in [1.807, 2.05) is 115 Å². The van der Waals surface area contributed by atoms with Crippen molar-refractivity contribution >= 4 is 21.8 Å². The molecule has 0 fully saturated rings. The zero-order valence-electron chi connectivity index (χ0n) is 31.0. The number of rotatable bonds is 6. The Bertz CT molecular complexity index is 3200. The van der Waals surface area contributed by atoms with Gasteiger partial charge in [0.25, 0.3) is 0 Å². The topological polar surface area (TPSA) is 163 Å². The minimum Gasteiger partial charge on any atom is -0.309 e. The molecule has 0 amide bonds. The number of fused-ring (bicyclic) bond motifs is 3. The molecule has 2 aromatic heterocycles. The molecular weight excluding hydrogens is 727 g/mol. The fourth-order valence-corrected chi connectivity index (χ4v) is 7.44. The lowest BCUT2D eigenvalue weighted by molar-refractivity contribution is 1.07. The number of hydrogen-bond donors (Lipinski definition) is 0. The molecule has 9 heteroatoms. The van der Waals surface area contributed by atoms with Gasteiger partial charge in [-0.05, 0) is 89.0 Å². The van der Waals surface area contributed by atoms with Crippen molar-refractivity contribution in [2.75, 3.05) is 0 Å². The van der Waals surface area contributed by atoms with E-state index in [0.717, 1.165) is 49.7 Å². The maximum atomic E-state index is 10.7. The van der Waals surface area contributed by atoms with Crippen molar-refractivity contribution in [1.29, 1.82) is 26.3 Å². The maximum Gasteiger partial charge on any atom is 0.165 e. The van der Waals surface area contributed by atoms with Crippen LogP contribution in [0.1, 0.15) is 27.8 Å². The SMILES string of the molecule is N#Cc1ccc(-c2ccc3c(c2)c2cc(-c4ccc(C#N)cc4C#N)ccc2n3-c2ccc(-c3nc(-c4ccccc4)nc(-c4ccccc4)n3)c(C#N)c2)c(C#N)c1. The fourth-order valence-electron chi connectivity index (χ4n) is 7.44. The molecular formula is C50H25N9. The maximum absolute atomic E-state index is 10.7. The summed E-state index contributed by atoms with van der Waals surface area (Å²) in [4.78, 5) is 14.5. The Morgan fingerprint density at radius 2 is 0.797 bits per heavy atom. The minimum atomic E-state index is 0.363. The van der Waals surface area contributed by atoms with Crippen molar-refractivity contribution in [2.24, 2.45) is 0 Å². The average Bonchev–Trinajstić information content (AvgIpc) is 3.64. The molecule has 0 saturated carbocycles. The Balaban J connectivity index is 1.25. The number of hydrogen-bond acceptors (Lipinski definition) is 8. The van der Waals surface area contributed by atoms with Crippen molar-refractivity contribution in [3.8, 4) is 92.5 Å². The Labute approximate surface area is 338 Å². The van der Waals surface area contributed by atoms with Gasteiger partial charge in [0, 0.05) is 33.2 Å². The van der Waals surface area contributed by atoms with Gasteiger partial charge in [-0.15, -0.1) is 0 Å². The highest BCUT2D eigenvalue weighted by atomic mass is 15.0. The van der Waals surface area contributed by atoms with E-state index in [1.54, 1.807) is 36.4 Å². The third kappa shape index (κ3) is 6.34. The monoisotopic (exact) mass is 751 g/mol. The summed E-state index contributed by atoms with van der Waals surface area (Å²) < 4.78 is 2.08. The first-order chi connectivity index (χ1) is 29.0. The molecule has 9 rings (SSSR count). The number of nitriles is 5. The summed E-state index contributed by atoms with van der Waals surface area (Å²) in [6, 6.07) is 58.0.